The van der Waals surface area contributed by atoms with Crippen LogP contribution in [0.1, 0.15) is 52.5 Å². The summed E-state index contributed by atoms with van der Waals surface area (Å²) in [5, 5.41) is 11.4. The third-order valence-corrected chi connectivity index (χ3v) is 4.99. The lowest BCUT2D eigenvalue weighted by molar-refractivity contribution is -0.176. The van der Waals surface area contributed by atoms with Crippen LogP contribution < -0.4 is 0 Å². The fourth-order valence-corrected chi connectivity index (χ4v) is 3.84. The van der Waals surface area contributed by atoms with Crippen LogP contribution in [0.25, 0.3) is 0 Å². The number of esters is 2. The maximum atomic E-state index is 12.9. The van der Waals surface area contributed by atoms with E-state index in [1.54, 1.807) is 52.0 Å². The first-order valence-electron chi connectivity index (χ1n) is 9.35. The lowest BCUT2D eigenvalue weighted by Gasteiger charge is -2.44. The van der Waals surface area contributed by atoms with E-state index in [4.69, 9.17) is 21.1 Å². The Morgan fingerprint density at radius 1 is 1.07 bits per heavy atom. The van der Waals surface area contributed by atoms with Gasteiger partial charge in [0.15, 0.2) is 5.78 Å². The van der Waals surface area contributed by atoms with Crippen molar-refractivity contribution in [1.82, 2.24) is 0 Å². The van der Waals surface area contributed by atoms with Gasteiger partial charge in [-0.2, -0.15) is 0 Å². The number of Topliss-reactive ketones (excluding diaryl/α,β-unsaturated/α-hetero) is 1. The standard InChI is InChI=1S/C21H27ClO6/c1-11(2)27-19(24)17-15(23)10-21(5,26)18(20(25)28-12(3)4)16(17)13-6-8-14(22)9-7-13/h6-9,11-12,16-18,26H,10H2,1-5H3/t16-,17-,18-,21+/m0/s1. The Labute approximate surface area is 170 Å². The summed E-state index contributed by atoms with van der Waals surface area (Å²) in [6, 6.07) is 6.51. The highest BCUT2D eigenvalue weighted by atomic mass is 35.5. The molecular weight excluding hydrogens is 384 g/mol. The maximum Gasteiger partial charge on any atom is 0.317 e. The van der Waals surface area contributed by atoms with Crippen molar-refractivity contribution in [2.24, 2.45) is 11.8 Å². The molecule has 0 saturated heterocycles. The fraction of sp³-hybridized carbons (Fsp3) is 0.571. The van der Waals surface area contributed by atoms with Crippen molar-refractivity contribution in [1.29, 1.82) is 0 Å². The van der Waals surface area contributed by atoms with Crippen LogP contribution in [0, 0.1) is 11.8 Å². The third kappa shape index (κ3) is 4.92. The first-order chi connectivity index (χ1) is 12.9. The molecule has 6 nitrogen and oxygen atoms in total. The Morgan fingerprint density at radius 3 is 2.07 bits per heavy atom. The summed E-state index contributed by atoms with van der Waals surface area (Å²) >= 11 is 5.97. The largest absolute Gasteiger partial charge is 0.463 e. The molecule has 1 fully saturated rings. The molecule has 0 heterocycles. The van der Waals surface area contributed by atoms with Gasteiger partial charge in [-0.25, -0.2) is 0 Å². The van der Waals surface area contributed by atoms with Crippen LogP contribution in [0.2, 0.25) is 5.02 Å². The topological polar surface area (TPSA) is 89.9 Å². The summed E-state index contributed by atoms with van der Waals surface area (Å²) in [6.45, 7) is 8.18. The Hall–Kier alpha value is -1.92. The van der Waals surface area contributed by atoms with E-state index >= 15 is 0 Å². The van der Waals surface area contributed by atoms with Crippen molar-refractivity contribution in [3.05, 3.63) is 34.9 Å². The number of rotatable bonds is 5. The quantitative estimate of drug-likeness (QED) is 0.591. The van der Waals surface area contributed by atoms with E-state index < -0.39 is 53.3 Å². The highest BCUT2D eigenvalue weighted by molar-refractivity contribution is 6.30. The summed E-state index contributed by atoms with van der Waals surface area (Å²) in [6.07, 6.45) is -1.17. The predicted molar refractivity (Wildman–Crippen MR) is 104 cm³/mol. The van der Waals surface area contributed by atoms with Crippen molar-refractivity contribution >= 4 is 29.3 Å². The number of ketones is 1. The minimum atomic E-state index is -1.66. The number of carbonyl (C=O) groups excluding carboxylic acids is 3. The van der Waals surface area contributed by atoms with E-state index in [1.165, 1.54) is 6.92 Å². The van der Waals surface area contributed by atoms with Crippen molar-refractivity contribution in [2.75, 3.05) is 0 Å². The molecule has 1 aromatic carbocycles. The lowest BCUT2D eigenvalue weighted by atomic mass is 9.61. The average Bonchev–Trinajstić information content (AvgIpc) is 2.52. The molecule has 0 aliphatic heterocycles. The molecule has 154 valence electrons. The highest BCUT2D eigenvalue weighted by Crippen LogP contribution is 2.47. The molecule has 2 rings (SSSR count). The molecular formula is C21H27ClO6. The van der Waals surface area contributed by atoms with E-state index in [0.29, 0.717) is 10.6 Å². The smallest absolute Gasteiger partial charge is 0.317 e. The second kappa shape index (κ2) is 8.62. The number of carbonyl (C=O) groups is 3. The Bertz CT molecular complexity index is 730. The van der Waals surface area contributed by atoms with Crippen molar-refractivity contribution < 1.29 is 29.0 Å². The van der Waals surface area contributed by atoms with Crippen LogP contribution in [0.4, 0.5) is 0 Å². The first kappa shape index (κ1) is 22.4. The van der Waals surface area contributed by atoms with Gasteiger partial charge in [-0.05, 0) is 52.3 Å². The zero-order chi connectivity index (χ0) is 21.2. The third-order valence-electron chi connectivity index (χ3n) is 4.73. The van der Waals surface area contributed by atoms with Gasteiger partial charge in [0.2, 0.25) is 0 Å². The zero-order valence-corrected chi connectivity index (χ0v) is 17.5. The molecule has 0 aromatic heterocycles. The van der Waals surface area contributed by atoms with Gasteiger partial charge in [-0.3, -0.25) is 14.4 Å². The van der Waals surface area contributed by atoms with E-state index in [-0.39, 0.29) is 6.42 Å². The summed E-state index contributed by atoms with van der Waals surface area (Å²) in [5.74, 6) is -5.09. The SMILES string of the molecule is CC(C)OC(=O)[C@H]1C(=O)C[C@@](C)(O)[C@H](C(=O)OC(C)C)[C@H]1c1ccc(Cl)cc1. The fourth-order valence-electron chi connectivity index (χ4n) is 3.71. The van der Waals surface area contributed by atoms with Gasteiger partial charge in [0.1, 0.15) is 5.92 Å². The molecule has 28 heavy (non-hydrogen) atoms. The number of halogens is 1. The van der Waals surface area contributed by atoms with Crippen LogP contribution >= 0.6 is 11.6 Å². The number of aliphatic hydroxyl groups is 1. The van der Waals surface area contributed by atoms with E-state index in [9.17, 15) is 19.5 Å². The molecule has 1 aliphatic carbocycles. The van der Waals surface area contributed by atoms with Crippen LogP contribution in [0.3, 0.4) is 0 Å². The second-order valence-corrected chi connectivity index (χ2v) is 8.44. The first-order valence-corrected chi connectivity index (χ1v) is 9.73. The number of hydrogen-bond acceptors (Lipinski definition) is 6. The Balaban J connectivity index is 2.59. The normalized spacial score (nSPS) is 27.8. The summed E-state index contributed by atoms with van der Waals surface area (Å²) in [4.78, 5) is 38.5. The Morgan fingerprint density at radius 2 is 1.57 bits per heavy atom. The van der Waals surface area contributed by atoms with Crippen LogP contribution in [0.15, 0.2) is 24.3 Å². The molecule has 0 bridgehead atoms. The maximum absolute atomic E-state index is 12.9. The van der Waals surface area contributed by atoms with Gasteiger partial charge in [-0.1, -0.05) is 23.7 Å². The van der Waals surface area contributed by atoms with Crippen LogP contribution in [-0.2, 0) is 23.9 Å². The molecule has 0 amide bonds. The molecule has 0 unspecified atom stereocenters. The monoisotopic (exact) mass is 410 g/mol. The van der Waals surface area contributed by atoms with Crippen molar-refractivity contribution in [3.63, 3.8) is 0 Å². The molecule has 7 heteroatoms. The van der Waals surface area contributed by atoms with Gasteiger partial charge in [0.05, 0.1) is 23.7 Å². The van der Waals surface area contributed by atoms with Gasteiger partial charge < -0.3 is 14.6 Å². The van der Waals surface area contributed by atoms with Crippen molar-refractivity contribution in [2.45, 2.75) is 64.8 Å². The molecule has 1 saturated carbocycles. The van der Waals surface area contributed by atoms with Gasteiger partial charge in [0, 0.05) is 17.4 Å². The van der Waals surface area contributed by atoms with Crippen molar-refractivity contribution in [3.8, 4) is 0 Å². The zero-order valence-electron chi connectivity index (χ0n) is 16.8. The van der Waals surface area contributed by atoms with Crippen LogP contribution in [-0.4, -0.2) is 40.6 Å². The summed E-state index contributed by atoms with van der Waals surface area (Å²) in [7, 11) is 0. The molecule has 0 spiro atoms. The lowest BCUT2D eigenvalue weighted by Crippen LogP contribution is -2.55. The number of ether oxygens (including phenoxy) is 2. The summed E-state index contributed by atoms with van der Waals surface area (Å²) < 4.78 is 10.7. The molecule has 4 atom stereocenters. The van der Waals surface area contributed by atoms with Gasteiger partial charge >= 0.3 is 11.9 Å². The second-order valence-electron chi connectivity index (χ2n) is 8.00. The summed E-state index contributed by atoms with van der Waals surface area (Å²) in [5.41, 5.74) is -1.13. The predicted octanol–water partition coefficient (Wildman–Crippen LogP) is 3.28. The van der Waals surface area contributed by atoms with E-state index in [2.05, 4.69) is 0 Å². The minimum absolute atomic E-state index is 0.340. The number of hydrogen-bond donors (Lipinski definition) is 1. The molecule has 1 N–H and O–H groups in total. The van der Waals surface area contributed by atoms with E-state index in [1.807, 2.05) is 0 Å². The average molecular weight is 411 g/mol. The Kier molecular flexibility index (Phi) is 6.88. The molecule has 0 radical (unpaired) electrons. The van der Waals surface area contributed by atoms with Gasteiger partial charge in [-0.15, -0.1) is 0 Å². The number of benzene rings is 1. The molecule has 1 aliphatic rings. The van der Waals surface area contributed by atoms with E-state index in [0.717, 1.165) is 0 Å². The van der Waals surface area contributed by atoms with Gasteiger partial charge in [0.25, 0.3) is 0 Å². The molecule has 1 aromatic rings. The minimum Gasteiger partial charge on any atom is -0.463 e. The highest BCUT2D eigenvalue weighted by Gasteiger charge is 2.57. The van der Waals surface area contributed by atoms with Crippen LogP contribution in [0.5, 0.6) is 0 Å².